The summed E-state index contributed by atoms with van der Waals surface area (Å²) in [5.74, 6) is -0.864. The number of para-hydroxylation sites is 1. The lowest BCUT2D eigenvalue weighted by Gasteiger charge is -2.11. The molecule has 0 atom stereocenters. The van der Waals surface area contributed by atoms with Crippen LogP contribution in [0, 0.1) is 24.0 Å². The Balaban J connectivity index is 1.96. The monoisotopic (exact) mass is 379 g/mol. The Morgan fingerprint density at radius 2 is 1.81 bits per heavy atom. The highest BCUT2D eigenvalue weighted by atomic mass is 35.5. The lowest BCUT2D eigenvalue weighted by atomic mass is 10.1. The zero-order chi connectivity index (χ0) is 19.3. The molecule has 0 fully saturated rings. The van der Waals surface area contributed by atoms with Crippen molar-refractivity contribution in [3.8, 4) is 11.5 Å². The summed E-state index contributed by atoms with van der Waals surface area (Å²) in [7, 11) is 0. The summed E-state index contributed by atoms with van der Waals surface area (Å²) in [4.78, 5) is 21.6. The van der Waals surface area contributed by atoms with Crippen LogP contribution < -0.4 is 9.47 Å². The summed E-state index contributed by atoms with van der Waals surface area (Å²) in [6.07, 6.45) is 0.422. The normalized spacial score (nSPS) is 10.4. The van der Waals surface area contributed by atoms with Crippen molar-refractivity contribution >= 4 is 23.3 Å². The number of hydrogen-bond acceptors (Lipinski definition) is 5. The Hall–Kier alpha value is -2.80. The zero-order valence-electron chi connectivity index (χ0n) is 14.3. The van der Waals surface area contributed by atoms with E-state index in [1.807, 2.05) is 26.0 Å². The number of aromatic carboxylic acids is 1. The molecule has 2 aromatic rings. The van der Waals surface area contributed by atoms with Gasteiger partial charge in [-0.15, -0.1) is 0 Å². The van der Waals surface area contributed by atoms with Crippen LogP contribution in [0.25, 0.3) is 0 Å². The van der Waals surface area contributed by atoms with Gasteiger partial charge in [-0.05, 0) is 43.2 Å². The highest BCUT2D eigenvalue weighted by Gasteiger charge is 2.22. The number of benzene rings is 2. The molecule has 2 aromatic carbocycles. The number of carboxylic acid groups (broad SMARTS) is 1. The van der Waals surface area contributed by atoms with E-state index in [2.05, 4.69) is 0 Å². The summed E-state index contributed by atoms with van der Waals surface area (Å²) in [5.41, 5.74) is 1.19. The minimum atomic E-state index is -1.29. The van der Waals surface area contributed by atoms with Crippen molar-refractivity contribution in [3.63, 3.8) is 0 Å². The Bertz CT molecular complexity index is 781. The average molecular weight is 380 g/mol. The molecule has 0 aromatic heterocycles. The van der Waals surface area contributed by atoms with Gasteiger partial charge in [-0.3, -0.25) is 10.1 Å². The van der Waals surface area contributed by atoms with E-state index in [1.165, 1.54) is 18.2 Å². The number of nitrogens with zero attached hydrogens (tertiary/aromatic N) is 1. The number of rotatable bonds is 8. The molecule has 138 valence electrons. The molecular weight excluding hydrogens is 362 g/mol. The summed E-state index contributed by atoms with van der Waals surface area (Å²) in [6.45, 7) is 4.15. The van der Waals surface area contributed by atoms with Gasteiger partial charge in [0.2, 0.25) is 5.75 Å². The average Bonchev–Trinajstić information content (AvgIpc) is 2.58. The highest BCUT2D eigenvalue weighted by Crippen LogP contribution is 2.31. The molecule has 26 heavy (non-hydrogen) atoms. The van der Waals surface area contributed by atoms with Gasteiger partial charge in [-0.1, -0.05) is 17.7 Å². The predicted molar refractivity (Wildman–Crippen MR) is 96.6 cm³/mol. The second-order valence-electron chi connectivity index (χ2n) is 5.64. The Labute approximate surface area is 155 Å². The number of hydrogen-bond donors (Lipinski definition) is 1. The van der Waals surface area contributed by atoms with Gasteiger partial charge < -0.3 is 14.6 Å². The van der Waals surface area contributed by atoms with Crippen molar-refractivity contribution in [2.45, 2.75) is 20.3 Å². The van der Waals surface area contributed by atoms with E-state index in [1.54, 1.807) is 0 Å². The number of carboxylic acids is 1. The van der Waals surface area contributed by atoms with Crippen molar-refractivity contribution in [3.05, 3.63) is 62.2 Å². The molecule has 0 saturated carbocycles. The van der Waals surface area contributed by atoms with Crippen LogP contribution in [0.2, 0.25) is 5.02 Å². The third-order valence-electron chi connectivity index (χ3n) is 3.64. The van der Waals surface area contributed by atoms with Crippen molar-refractivity contribution < 1.29 is 24.3 Å². The van der Waals surface area contributed by atoms with Crippen LogP contribution >= 0.6 is 11.6 Å². The molecule has 0 heterocycles. The minimum absolute atomic E-state index is 0.0800. The molecule has 7 nitrogen and oxygen atoms in total. The molecule has 0 aliphatic carbocycles. The van der Waals surface area contributed by atoms with Gasteiger partial charge in [-0.2, -0.15) is 0 Å². The van der Waals surface area contributed by atoms with Gasteiger partial charge in [0, 0.05) is 17.5 Å². The summed E-state index contributed by atoms with van der Waals surface area (Å²) in [5, 5.41) is 20.9. The quantitative estimate of drug-likeness (QED) is 0.414. The van der Waals surface area contributed by atoms with Crippen LogP contribution in [0.1, 0.15) is 27.9 Å². The lowest BCUT2D eigenvalue weighted by Crippen LogP contribution is -2.09. The van der Waals surface area contributed by atoms with Gasteiger partial charge in [0.15, 0.2) is 0 Å². The molecule has 0 saturated heterocycles. The van der Waals surface area contributed by atoms with Crippen LogP contribution in [0.4, 0.5) is 5.69 Å². The molecular formula is C18H18ClNO6. The van der Waals surface area contributed by atoms with E-state index in [4.69, 9.17) is 26.2 Å². The van der Waals surface area contributed by atoms with E-state index in [0.29, 0.717) is 23.8 Å². The number of nitro benzene ring substituents is 1. The summed E-state index contributed by atoms with van der Waals surface area (Å²) >= 11 is 6.10. The topological polar surface area (TPSA) is 98.9 Å². The van der Waals surface area contributed by atoms with E-state index in [-0.39, 0.29) is 23.6 Å². The Morgan fingerprint density at radius 3 is 2.38 bits per heavy atom. The standard InChI is InChI=1S/C18H18ClNO6/c1-11-9-13(10-12(2)16(11)19)25-7-4-8-26-17-14(18(21)22)5-3-6-15(17)20(23)24/h3,5-6,9-10H,4,7-8H2,1-2H3,(H,21,22). The number of nitro groups is 1. The fraction of sp³-hybridized carbons (Fsp3) is 0.278. The molecule has 2 rings (SSSR count). The Morgan fingerprint density at radius 1 is 1.19 bits per heavy atom. The van der Waals surface area contributed by atoms with E-state index >= 15 is 0 Å². The third-order valence-corrected chi connectivity index (χ3v) is 4.23. The van der Waals surface area contributed by atoms with Gasteiger partial charge in [0.05, 0.1) is 18.1 Å². The maximum atomic E-state index is 11.2. The smallest absolute Gasteiger partial charge is 0.339 e. The third kappa shape index (κ3) is 4.64. The lowest BCUT2D eigenvalue weighted by molar-refractivity contribution is -0.385. The number of halogens is 1. The van der Waals surface area contributed by atoms with Gasteiger partial charge >= 0.3 is 11.7 Å². The molecule has 8 heteroatoms. The van der Waals surface area contributed by atoms with Crippen molar-refractivity contribution in [2.24, 2.45) is 0 Å². The molecule has 0 aliphatic heterocycles. The van der Waals surface area contributed by atoms with Gasteiger partial charge in [-0.25, -0.2) is 4.79 Å². The van der Waals surface area contributed by atoms with E-state index in [0.717, 1.165) is 11.1 Å². The summed E-state index contributed by atoms with van der Waals surface area (Å²) < 4.78 is 11.0. The van der Waals surface area contributed by atoms with Crippen LogP contribution in [-0.4, -0.2) is 29.2 Å². The second kappa shape index (κ2) is 8.53. The van der Waals surface area contributed by atoms with Crippen molar-refractivity contribution in [1.29, 1.82) is 0 Å². The van der Waals surface area contributed by atoms with Crippen LogP contribution in [0.5, 0.6) is 11.5 Å². The first-order valence-electron chi connectivity index (χ1n) is 7.84. The number of ether oxygens (including phenoxy) is 2. The predicted octanol–water partition coefficient (Wildman–Crippen LogP) is 4.41. The van der Waals surface area contributed by atoms with Gasteiger partial charge in [0.1, 0.15) is 11.3 Å². The van der Waals surface area contributed by atoms with Crippen LogP contribution in [-0.2, 0) is 0 Å². The molecule has 0 amide bonds. The Kier molecular flexibility index (Phi) is 6.41. The van der Waals surface area contributed by atoms with Gasteiger partial charge in [0.25, 0.3) is 0 Å². The van der Waals surface area contributed by atoms with Crippen molar-refractivity contribution in [1.82, 2.24) is 0 Å². The minimum Gasteiger partial charge on any atom is -0.493 e. The largest absolute Gasteiger partial charge is 0.493 e. The number of carbonyl (C=O) groups is 1. The highest BCUT2D eigenvalue weighted by molar-refractivity contribution is 6.32. The van der Waals surface area contributed by atoms with E-state index in [9.17, 15) is 14.9 Å². The molecule has 0 aliphatic rings. The van der Waals surface area contributed by atoms with E-state index < -0.39 is 10.9 Å². The molecule has 0 radical (unpaired) electrons. The first-order valence-corrected chi connectivity index (χ1v) is 8.22. The molecule has 0 bridgehead atoms. The SMILES string of the molecule is Cc1cc(OCCCOc2c(C(=O)O)cccc2[N+](=O)[O-])cc(C)c1Cl. The molecule has 1 N–H and O–H groups in total. The molecule has 0 unspecified atom stereocenters. The number of aryl methyl sites for hydroxylation is 2. The fourth-order valence-corrected chi connectivity index (χ4v) is 2.51. The first kappa shape index (κ1) is 19.5. The fourth-order valence-electron chi connectivity index (χ4n) is 2.40. The second-order valence-corrected chi connectivity index (χ2v) is 6.02. The molecule has 0 spiro atoms. The van der Waals surface area contributed by atoms with Crippen molar-refractivity contribution in [2.75, 3.05) is 13.2 Å². The van der Waals surface area contributed by atoms with Crippen LogP contribution in [0.15, 0.2) is 30.3 Å². The van der Waals surface area contributed by atoms with Crippen LogP contribution in [0.3, 0.4) is 0 Å². The zero-order valence-corrected chi connectivity index (χ0v) is 15.1. The first-order chi connectivity index (χ1) is 12.3. The maximum Gasteiger partial charge on any atom is 0.339 e. The maximum absolute atomic E-state index is 11.2. The summed E-state index contributed by atoms with van der Waals surface area (Å²) in [6, 6.07) is 7.42.